The first-order chi connectivity index (χ1) is 9.68. The minimum Gasteiger partial charge on any atom is -0.321 e. The van der Waals surface area contributed by atoms with E-state index in [0.717, 1.165) is 29.1 Å². The number of hydrogen-bond donors (Lipinski definition) is 1. The Balaban J connectivity index is 2.33. The average molecular weight is 322 g/mol. The largest absolute Gasteiger partial charge is 0.435 e. The summed E-state index contributed by atoms with van der Waals surface area (Å²) in [5.74, 6) is -1.67. The van der Waals surface area contributed by atoms with Crippen LogP contribution in [0.1, 0.15) is 16.1 Å². The fraction of sp³-hybridized carbons (Fsp3) is 0.167. The van der Waals surface area contributed by atoms with Crippen LogP contribution in [0, 0.1) is 5.82 Å². The molecule has 2 aromatic rings. The topological polar surface area (TPSA) is 46.9 Å². The maximum Gasteiger partial charge on any atom is 0.435 e. The Morgan fingerprint density at radius 3 is 2.62 bits per heavy atom. The molecule has 0 bridgehead atoms. The highest BCUT2D eigenvalue weighted by Gasteiger charge is 2.39. The molecule has 0 spiro atoms. The van der Waals surface area contributed by atoms with Gasteiger partial charge >= 0.3 is 6.18 Å². The van der Waals surface area contributed by atoms with Crippen molar-refractivity contribution < 1.29 is 22.4 Å². The molecule has 0 unspecified atom stereocenters. The molecule has 1 aromatic heterocycles. The molecule has 0 atom stereocenters. The third-order valence-corrected chi connectivity index (χ3v) is 2.83. The number of aromatic nitrogens is 2. The Labute approximate surface area is 121 Å². The molecule has 1 heterocycles. The summed E-state index contributed by atoms with van der Waals surface area (Å²) < 4.78 is 52.0. The van der Waals surface area contributed by atoms with Crippen LogP contribution in [0.15, 0.2) is 24.4 Å². The molecule has 0 aliphatic heterocycles. The molecule has 1 N–H and O–H groups in total. The number of nitrogens with zero attached hydrogens (tertiary/aromatic N) is 2. The van der Waals surface area contributed by atoms with Crippen LogP contribution >= 0.6 is 11.6 Å². The van der Waals surface area contributed by atoms with Crippen molar-refractivity contribution in [1.29, 1.82) is 0 Å². The average Bonchev–Trinajstić information content (AvgIpc) is 2.75. The van der Waals surface area contributed by atoms with Gasteiger partial charge in [0.2, 0.25) is 0 Å². The lowest BCUT2D eigenvalue weighted by molar-refractivity contribution is -0.141. The van der Waals surface area contributed by atoms with E-state index in [2.05, 4.69) is 10.4 Å². The van der Waals surface area contributed by atoms with E-state index in [1.165, 1.54) is 7.05 Å². The number of rotatable bonds is 2. The van der Waals surface area contributed by atoms with Gasteiger partial charge in [0.15, 0.2) is 5.69 Å². The molecule has 0 fully saturated rings. The molecule has 1 aromatic carbocycles. The second kappa shape index (κ2) is 5.36. The van der Waals surface area contributed by atoms with E-state index in [0.29, 0.717) is 0 Å². The molecule has 2 rings (SSSR count). The monoisotopic (exact) mass is 321 g/mol. The van der Waals surface area contributed by atoms with Gasteiger partial charge in [0, 0.05) is 13.2 Å². The first-order valence-corrected chi connectivity index (χ1v) is 5.93. The Kier molecular flexibility index (Phi) is 3.91. The summed E-state index contributed by atoms with van der Waals surface area (Å²) in [5, 5.41) is 5.28. The summed E-state index contributed by atoms with van der Waals surface area (Å²) in [6, 6.07) is 3.11. The van der Waals surface area contributed by atoms with Gasteiger partial charge in [-0.2, -0.15) is 18.3 Å². The molecule has 0 aliphatic rings. The predicted molar refractivity (Wildman–Crippen MR) is 67.6 cm³/mol. The number of benzene rings is 1. The first kappa shape index (κ1) is 15.3. The normalized spacial score (nSPS) is 11.5. The molecular weight excluding hydrogens is 314 g/mol. The SMILES string of the molecule is Cn1cc(C(=O)Nc2ccc(F)cc2Cl)c(C(F)(F)F)n1. The van der Waals surface area contributed by atoms with Gasteiger partial charge in [0.05, 0.1) is 16.3 Å². The standard InChI is InChI=1S/C12H8ClF4N3O/c1-20-5-7(10(19-20)12(15,16)17)11(21)18-9-3-2-6(14)4-8(9)13/h2-5H,1H3,(H,18,21). The molecule has 0 saturated heterocycles. The minimum absolute atomic E-state index is 0.0000409. The second-order valence-electron chi connectivity index (χ2n) is 4.14. The molecule has 4 nitrogen and oxygen atoms in total. The lowest BCUT2D eigenvalue weighted by atomic mass is 10.2. The highest BCUT2D eigenvalue weighted by molar-refractivity contribution is 6.33. The summed E-state index contributed by atoms with van der Waals surface area (Å²) in [6.45, 7) is 0. The minimum atomic E-state index is -4.76. The third kappa shape index (κ3) is 3.33. The summed E-state index contributed by atoms with van der Waals surface area (Å²) in [6.07, 6.45) is -3.82. The van der Waals surface area contributed by atoms with Gasteiger partial charge < -0.3 is 5.32 Å². The maximum atomic E-state index is 12.9. The van der Waals surface area contributed by atoms with Crippen molar-refractivity contribution in [1.82, 2.24) is 9.78 Å². The molecular formula is C12H8ClF4N3O. The van der Waals surface area contributed by atoms with Gasteiger partial charge in [-0.05, 0) is 18.2 Å². The Morgan fingerprint density at radius 1 is 1.38 bits per heavy atom. The van der Waals surface area contributed by atoms with Crippen LogP contribution in [0.3, 0.4) is 0 Å². The summed E-state index contributed by atoms with van der Waals surface area (Å²) >= 11 is 5.70. The van der Waals surface area contributed by atoms with Crippen molar-refractivity contribution in [2.24, 2.45) is 7.05 Å². The number of halogens is 5. The van der Waals surface area contributed by atoms with Crippen LogP contribution in [0.4, 0.5) is 23.2 Å². The van der Waals surface area contributed by atoms with E-state index in [1.807, 2.05) is 0 Å². The molecule has 0 saturated carbocycles. The van der Waals surface area contributed by atoms with E-state index in [1.54, 1.807) is 0 Å². The van der Waals surface area contributed by atoms with Gasteiger partial charge in [0.1, 0.15) is 5.82 Å². The van der Waals surface area contributed by atoms with E-state index >= 15 is 0 Å². The van der Waals surface area contributed by atoms with Gasteiger partial charge in [-0.25, -0.2) is 4.39 Å². The van der Waals surface area contributed by atoms with E-state index in [9.17, 15) is 22.4 Å². The third-order valence-electron chi connectivity index (χ3n) is 2.52. The second-order valence-corrected chi connectivity index (χ2v) is 4.55. The highest BCUT2D eigenvalue weighted by Crippen LogP contribution is 2.31. The quantitative estimate of drug-likeness (QED) is 0.861. The molecule has 9 heteroatoms. The summed E-state index contributed by atoms with van der Waals surface area (Å²) in [7, 11) is 1.26. The van der Waals surface area contributed by atoms with Gasteiger partial charge in [0.25, 0.3) is 5.91 Å². The van der Waals surface area contributed by atoms with Crippen LogP contribution in [-0.4, -0.2) is 15.7 Å². The van der Waals surface area contributed by atoms with Crippen molar-refractivity contribution in [3.8, 4) is 0 Å². The summed E-state index contributed by atoms with van der Waals surface area (Å²) in [4.78, 5) is 11.9. The molecule has 1 amide bonds. The van der Waals surface area contributed by atoms with Gasteiger partial charge in [-0.3, -0.25) is 9.48 Å². The van der Waals surface area contributed by atoms with E-state index in [-0.39, 0.29) is 10.7 Å². The van der Waals surface area contributed by atoms with E-state index < -0.39 is 29.2 Å². The number of aryl methyl sites for hydroxylation is 1. The highest BCUT2D eigenvalue weighted by atomic mass is 35.5. The zero-order valence-electron chi connectivity index (χ0n) is 10.5. The molecule has 21 heavy (non-hydrogen) atoms. The van der Waals surface area contributed by atoms with Gasteiger partial charge in [-0.1, -0.05) is 11.6 Å². The first-order valence-electron chi connectivity index (χ1n) is 5.55. The Hall–Kier alpha value is -2.09. The lowest BCUT2D eigenvalue weighted by Gasteiger charge is -2.08. The van der Waals surface area contributed by atoms with Crippen LogP contribution < -0.4 is 5.32 Å². The number of carbonyl (C=O) groups is 1. The fourth-order valence-corrected chi connectivity index (χ4v) is 1.86. The number of anilines is 1. The van der Waals surface area contributed by atoms with Crippen molar-refractivity contribution in [2.45, 2.75) is 6.18 Å². The van der Waals surface area contributed by atoms with Gasteiger partial charge in [-0.15, -0.1) is 0 Å². The lowest BCUT2D eigenvalue weighted by Crippen LogP contribution is -2.18. The van der Waals surface area contributed by atoms with Crippen molar-refractivity contribution in [3.63, 3.8) is 0 Å². The number of amides is 1. The zero-order chi connectivity index (χ0) is 15.8. The fourth-order valence-electron chi connectivity index (χ4n) is 1.64. The van der Waals surface area contributed by atoms with Crippen molar-refractivity contribution >= 4 is 23.2 Å². The zero-order valence-corrected chi connectivity index (χ0v) is 11.3. The summed E-state index contributed by atoms with van der Waals surface area (Å²) in [5.41, 5.74) is -1.95. The number of nitrogens with one attached hydrogen (secondary N) is 1. The number of alkyl halides is 3. The Morgan fingerprint density at radius 2 is 2.05 bits per heavy atom. The van der Waals surface area contributed by atoms with Crippen molar-refractivity contribution in [3.05, 3.63) is 46.5 Å². The Bertz CT molecular complexity index is 696. The van der Waals surface area contributed by atoms with E-state index in [4.69, 9.17) is 11.6 Å². The predicted octanol–water partition coefficient (Wildman–Crippen LogP) is 3.48. The molecule has 0 aliphatic carbocycles. The maximum absolute atomic E-state index is 12.9. The number of carbonyl (C=O) groups excluding carboxylic acids is 1. The van der Waals surface area contributed by atoms with Crippen molar-refractivity contribution in [2.75, 3.05) is 5.32 Å². The molecule has 0 radical (unpaired) electrons. The van der Waals surface area contributed by atoms with Crippen LogP contribution in [0.25, 0.3) is 0 Å². The van der Waals surface area contributed by atoms with Crippen LogP contribution in [0.2, 0.25) is 5.02 Å². The smallest absolute Gasteiger partial charge is 0.321 e. The van der Waals surface area contributed by atoms with Crippen LogP contribution in [-0.2, 0) is 13.2 Å². The molecule has 112 valence electrons. The number of hydrogen-bond acceptors (Lipinski definition) is 2. The van der Waals surface area contributed by atoms with Crippen LogP contribution in [0.5, 0.6) is 0 Å².